The van der Waals surface area contributed by atoms with Crippen molar-refractivity contribution in [2.75, 3.05) is 23.4 Å². The molecule has 1 N–H and O–H groups in total. The summed E-state index contributed by atoms with van der Waals surface area (Å²) in [6, 6.07) is 22.0. The number of benzene rings is 3. The average Bonchev–Trinajstić information content (AvgIpc) is 3.60. The maximum absolute atomic E-state index is 13.7. The molecular formula is C30H25N5O4S. The molecule has 0 atom stereocenters. The van der Waals surface area contributed by atoms with E-state index < -0.39 is 11.5 Å². The maximum Gasteiger partial charge on any atom is 0.291 e. The van der Waals surface area contributed by atoms with Crippen LogP contribution in [-0.4, -0.2) is 39.6 Å². The van der Waals surface area contributed by atoms with E-state index in [1.54, 1.807) is 24.3 Å². The molecule has 3 aromatic carbocycles. The van der Waals surface area contributed by atoms with Gasteiger partial charge in [-0.05, 0) is 55.8 Å². The molecule has 0 bridgehead atoms. The second-order valence-electron chi connectivity index (χ2n) is 9.44. The predicted octanol–water partition coefficient (Wildman–Crippen LogP) is 3.82. The van der Waals surface area contributed by atoms with E-state index in [1.165, 1.54) is 9.42 Å². The van der Waals surface area contributed by atoms with Gasteiger partial charge in [0.15, 0.2) is 5.82 Å². The molecule has 0 unspecified atom stereocenters. The van der Waals surface area contributed by atoms with Crippen LogP contribution in [0.25, 0.3) is 21.9 Å². The molecular weight excluding hydrogens is 526 g/mol. The molecule has 10 heteroatoms. The minimum Gasteiger partial charge on any atom is -0.494 e. The van der Waals surface area contributed by atoms with Crippen molar-refractivity contribution in [1.82, 2.24) is 14.6 Å². The lowest BCUT2D eigenvalue weighted by atomic mass is 10.1. The fourth-order valence-electron chi connectivity index (χ4n) is 4.57. The van der Waals surface area contributed by atoms with Gasteiger partial charge in [0.25, 0.3) is 11.5 Å². The number of carbonyl (C=O) groups is 2. The van der Waals surface area contributed by atoms with Gasteiger partial charge in [0.2, 0.25) is 10.9 Å². The summed E-state index contributed by atoms with van der Waals surface area (Å²) in [6.45, 7) is 4.45. The van der Waals surface area contributed by atoms with Crippen LogP contribution in [0.5, 0.6) is 5.75 Å². The third-order valence-corrected chi connectivity index (χ3v) is 7.56. The number of nitrogens with zero attached hydrogens (tertiary/aromatic N) is 4. The summed E-state index contributed by atoms with van der Waals surface area (Å²) >= 11 is 1.11. The molecule has 3 heterocycles. The molecule has 0 aliphatic carbocycles. The van der Waals surface area contributed by atoms with E-state index in [-0.39, 0.29) is 22.6 Å². The number of rotatable bonds is 7. The second-order valence-corrected chi connectivity index (χ2v) is 10.4. The van der Waals surface area contributed by atoms with Crippen LogP contribution < -0.4 is 25.0 Å². The predicted molar refractivity (Wildman–Crippen MR) is 155 cm³/mol. The lowest BCUT2D eigenvalue weighted by Crippen LogP contribution is -2.37. The summed E-state index contributed by atoms with van der Waals surface area (Å²) in [6.07, 6.45) is 0.916. The van der Waals surface area contributed by atoms with Crippen molar-refractivity contribution in [2.24, 2.45) is 0 Å². The number of para-hydroxylation sites is 1. The Balaban J connectivity index is 1.33. The lowest BCUT2D eigenvalue weighted by Gasteiger charge is -2.16. The van der Waals surface area contributed by atoms with Gasteiger partial charge in [0, 0.05) is 16.8 Å². The molecule has 5 aromatic rings. The molecule has 2 amide bonds. The van der Waals surface area contributed by atoms with Crippen molar-refractivity contribution in [2.45, 2.75) is 20.3 Å². The largest absolute Gasteiger partial charge is 0.494 e. The van der Waals surface area contributed by atoms with Gasteiger partial charge in [-0.1, -0.05) is 54.2 Å². The van der Waals surface area contributed by atoms with E-state index >= 15 is 0 Å². The average molecular weight is 552 g/mol. The Hall–Kier alpha value is -4.83. The Morgan fingerprint density at radius 1 is 1.00 bits per heavy atom. The first-order valence-corrected chi connectivity index (χ1v) is 13.7. The minimum absolute atomic E-state index is 0.190. The summed E-state index contributed by atoms with van der Waals surface area (Å²) in [5, 5.41) is 7.26. The molecule has 6 rings (SSSR count). The monoisotopic (exact) mass is 551 g/mol. The quantitative estimate of drug-likeness (QED) is 0.330. The fourth-order valence-corrected chi connectivity index (χ4v) is 5.56. The highest BCUT2D eigenvalue weighted by molar-refractivity contribution is 7.15. The van der Waals surface area contributed by atoms with Crippen LogP contribution >= 0.6 is 11.3 Å². The Kier molecular flexibility index (Phi) is 6.61. The highest BCUT2D eigenvalue weighted by Crippen LogP contribution is 2.35. The van der Waals surface area contributed by atoms with Gasteiger partial charge in [-0.2, -0.15) is 9.50 Å². The van der Waals surface area contributed by atoms with Crippen molar-refractivity contribution >= 4 is 45.1 Å². The first kappa shape index (κ1) is 25.4. The molecule has 0 saturated carbocycles. The number of hydrogen-bond donors (Lipinski definition) is 1. The van der Waals surface area contributed by atoms with E-state index in [2.05, 4.69) is 15.4 Å². The molecule has 0 spiro atoms. The van der Waals surface area contributed by atoms with Crippen LogP contribution in [0.1, 0.15) is 24.5 Å². The van der Waals surface area contributed by atoms with Crippen LogP contribution in [0.3, 0.4) is 0 Å². The minimum atomic E-state index is -0.425. The third-order valence-electron chi connectivity index (χ3n) is 6.53. The number of hydrogen-bond acceptors (Lipinski definition) is 7. The molecule has 40 heavy (non-hydrogen) atoms. The molecule has 1 aliphatic rings. The standard InChI is InChI=1S/C30H25N5O4S/c1-3-16-39-21-14-10-19(11-15-21)27-32-30-35(33-27)29(38)26(40-30)25-22-6-4-5-7-23(22)34(28(25)37)17-24(36)31-20-12-8-18(2)9-13-20/h4-15H,3,16-17H2,1-2H3,(H,31,36)/b26-25-. The number of amides is 2. The number of aromatic nitrogens is 3. The first-order valence-electron chi connectivity index (χ1n) is 12.9. The normalized spacial score (nSPS) is 14.1. The molecule has 0 fully saturated rings. The zero-order valence-electron chi connectivity index (χ0n) is 21.9. The highest BCUT2D eigenvalue weighted by Gasteiger charge is 2.35. The molecule has 200 valence electrons. The van der Waals surface area contributed by atoms with Crippen molar-refractivity contribution in [1.29, 1.82) is 0 Å². The Morgan fingerprint density at radius 3 is 2.48 bits per heavy atom. The topological polar surface area (TPSA) is 106 Å². The molecule has 9 nitrogen and oxygen atoms in total. The number of anilines is 2. The fraction of sp³-hybridized carbons (Fsp3) is 0.167. The van der Waals surface area contributed by atoms with Crippen molar-refractivity contribution in [3.63, 3.8) is 0 Å². The van der Waals surface area contributed by atoms with E-state index in [1.807, 2.05) is 62.4 Å². The van der Waals surface area contributed by atoms with E-state index in [0.29, 0.717) is 34.3 Å². The van der Waals surface area contributed by atoms with E-state index in [4.69, 9.17) is 4.74 Å². The van der Waals surface area contributed by atoms with E-state index in [0.717, 1.165) is 34.6 Å². The van der Waals surface area contributed by atoms with Gasteiger partial charge in [-0.15, -0.1) is 5.10 Å². The molecule has 0 radical (unpaired) electrons. The smallest absolute Gasteiger partial charge is 0.291 e. The van der Waals surface area contributed by atoms with Gasteiger partial charge < -0.3 is 10.1 Å². The van der Waals surface area contributed by atoms with Crippen LogP contribution in [0.2, 0.25) is 0 Å². The summed E-state index contributed by atoms with van der Waals surface area (Å²) in [4.78, 5) is 46.3. The number of thiazole rings is 1. The lowest BCUT2D eigenvalue weighted by molar-refractivity contribution is -0.118. The Labute approximate surface area is 233 Å². The van der Waals surface area contributed by atoms with Gasteiger partial charge >= 0.3 is 0 Å². The Morgan fingerprint density at radius 2 is 1.75 bits per heavy atom. The van der Waals surface area contributed by atoms with Crippen LogP contribution in [0, 0.1) is 6.92 Å². The molecule has 2 aromatic heterocycles. The van der Waals surface area contributed by atoms with Crippen LogP contribution in [-0.2, 0) is 9.59 Å². The second kappa shape index (κ2) is 10.4. The van der Waals surface area contributed by atoms with Gasteiger partial charge in [0.05, 0.1) is 17.9 Å². The molecule has 0 saturated heterocycles. The van der Waals surface area contributed by atoms with Gasteiger partial charge in [-0.25, -0.2) is 0 Å². The number of carbonyl (C=O) groups excluding carboxylic acids is 2. The summed E-state index contributed by atoms with van der Waals surface area (Å²) in [5.74, 6) is 0.415. The number of nitrogens with one attached hydrogen (secondary N) is 1. The molecule has 1 aliphatic heterocycles. The van der Waals surface area contributed by atoms with Gasteiger partial charge in [0.1, 0.15) is 16.8 Å². The highest BCUT2D eigenvalue weighted by atomic mass is 32.1. The van der Waals surface area contributed by atoms with Gasteiger partial charge in [-0.3, -0.25) is 19.3 Å². The SMILES string of the molecule is CCCOc1ccc(-c2nc3s/c(=C4\C(=O)N(CC(=O)Nc5ccc(C)cc5)c5ccccc54)c(=O)n3n2)cc1. The maximum atomic E-state index is 13.7. The summed E-state index contributed by atoms with van der Waals surface area (Å²) in [5.41, 5.74) is 3.47. The van der Waals surface area contributed by atoms with E-state index in [9.17, 15) is 14.4 Å². The number of aryl methyl sites for hydroxylation is 1. The zero-order chi connectivity index (χ0) is 27.8. The first-order chi connectivity index (χ1) is 19.4. The number of fused-ring (bicyclic) bond motifs is 2. The number of ether oxygens (including phenoxy) is 1. The Bertz CT molecular complexity index is 1860. The van der Waals surface area contributed by atoms with Crippen LogP contribution in [0.15, 0.2) is 77.6 Å². The third kappa shape index (κ3) is 4.62. The summed E-state index contributed by atoms with van der Waals surface area (Å²) < 4.78 is 7.10. The van der Waals surface area contributed by atoms with Crippen molar-refractivity contribution in [3.05, 3.63) is 98.8 Å². The summed E-state index contributed by atoms with van der Waals surface area (Å²) in [7, 11) is 0. The van der Waals surface area contributed by atoms with Crippen molar-refractivity contribution in [3.8, 4) is 17.1 Å². The zero-order valence-corrected chi connectivity index (χ0v) is 22.7. The van der Waals surface area contributed by atoms with Crippen LogP contribution in [0.4, 0.5) is 11.4 Å². The van der Waals surface area contributed by atoms with Crippen molar-refractivity contribution < 1.29 is 14.3 Å².